The Morgan fingerprint density at radius 1 is 1.42 bits per heavy atom. The Balaban J connectivity index is 2.12. The molecule has 9 heteroatoms. The Kier molecular flexibility index (Phi) is 2.12. The Bertz CT molecular complexity index is 741. The monoisotopic (exact) mass is 284 g/mol. The zero-order chi connectivity index (χ0) is 13.3. The van der Waals surface area contributed by atoms with E-state index in [0.29, 0.717) is 11.2 Å². The number of hydrogen-bond donors (Lipinski definition) is 2. The first kappa shape index (κ1) is 11.4. The summed E-state index contributed by atoms with van der Waals surface area (Å²) in [6, 6.07) is 1.43. The van der Waals surface area contributed by atoms with Gasteiger partial charge >= 0.3 is 0 Å². The van der Waals surface area contributed by atoms with E-state index in [1.165, 1.54) is 15.3 Å². The van der Waals surface area contributed by atoms with E-state index in [9.17, 15) is 15.0 Å². The van der Waals surface area contributed by atoms with Crippen LogP contribution in [0.3, 0.4) is 0 Å². The minimum atomic E-state index is -1.19. The van der Waals surface area contributed by atoms with Crippen LogP contribution < -0.4 is 5.56 Å². The maximum Gasteiger partial charge on any atom is 0.273 e. The van der Waals surface area contributed by atoms with Crippen LogP contribution in [0.1, 0.15) is 6.23 Å². The van der Waals surface area contributed by atoms with E-state index >= 15 is 0 Å². The molecule has 4 atom stereocenters. The van der Waals surface area contributed by atoms with Gasteiger partial charge in [-0.05, 0) is 6.07 Å². The molecular formula is C10H9ClN4O4. The summed E-state index contributed by atoms with van der Waals surface area (Å²) in [6.45, 7) is 0.215. The molecule has 100 valence electrons. The van der Waals surface area contributed by atoms with Gasteiger partial charge in [0.05, 0.1) is 6.54 Å². The highest BCUT2D eigenvalue weighted by molar-refractivity contribution is 6.30. The van der Waals surface area contributed by atoms with Crippen molar-refractivity contribution in [2.45, 2.75) is 31.1 Å². The third-order valence-electron chi connectivity index (χ3n) is 3.59. The summed E-state index contributed by atoms with van der Waals surface area (Å²) in [4.78, 5) is 12.2. The lowest BCUT2D eigenvalue weighted by Crippen LogP contribution is -2.38. The second kappa shape index (κ2) is 3.54. The normalized spacial score (nSPS) is 32.8. The molecule has 2 aliphatic heterocycles. The van der Waals surface area contributed by atoms with Gasteiger partial charge in [0.1, 0.15) is 28.9 Å². The predicted molar refractivity (Wildman–Crippen MR) is 62.7 cm³/mol. The fourth-order valence-electron chi connectivity index (χ4n) is 2.68. The van der Waals surface area contributed by atoms with Crippen LogP contribution >= 0.6 is 11.6 Å². The summed E-state index contributed by atoms with van der Waals surface area (Å²) < 4.78 is 8.22. The summed E-state index contributed by atoms with van der Waals surface area (Å²) >= 11 is 5.87. The van der Waals surface area contributed by atoms with Crippen molar-refractivity contribution >= 4 is 22.8 Å². The second-order valence-corrected chi connectivity index (χ2v) is 5.10. The second-order valence-electron chi connectivity index (χ2n) is 4.69. The van der Waals surface area contributed by atoms with Crippen LogP contribution in [0.5, 0.6) is 0 Å². The molecule has 4 heterocycles. The van der Waals surface area contributed by atoms with Crippen molar-refractivity contribution in [3.63, 3.8) is 0 Å². The quantitative estimate of drug-likeness (QED) is 0.635. The van der Waals surface area contributed by atoms with Gasteiger partial charge in [-0.25, -0.2) is 4.68 Å². The molecule has 0 amide bonds. The fraction of sp³-hybridized carbons (Fsp3) is 0.500. The molecule has 0 radical (unpaired) electrons. The van der Waals surface area contributed by atoms with Gasteiger partial charge < -0.3 is 14.9 Å². The van der Waals surface area contributed by atoms with Crippen molar-refractivity contribution in [2.75, 3.05) is 0 Å². The lowest BCUT2D eigenvalue weighted by Gasteiger charge is -2.19. The number of aliphatic hydroxyl groups is 2. The van der Waals surface area contributed by atoms with Crippen molar-refractivity contribution < 1.29 is 14.9 Å². The van der Waals surface area contributed by atoms with Crippen LogP contribution in [0.4, 0.5) is 0 Å². The van der Waals surface area contributed by atoms with Crippen molar-refractivity contribution in [1.82, 2.24) is 19.6 Å². The van der Waals surface area contributed by atoms with E-state index in [1.807, 2.05) is 0 Å². The molecule has 2 aromatic rings. The summed E-state index contributed by atoms with van der Waals surface area (Å²) in [5.41, 5.74) is 0.381. The molecule has 8 nitrogen and oxygen atoms in total. The first-order valence-corrected chi connectivity index (χ1v) is 6.11. The molecule has 2 unspecified atom stereocenters. The van der Waals surface area contributed by atoms with Gasteiger partial charge in [-0.3, -0.25) is 9.36 Å². The van der Waals surface area contributed by atoms with E-state index in [2.05, 4.69) is 10.3 Å². The first-order chi connectivity index (χ1) is 9.08. The number of ether oxygens (including phenoxy) is 1. The number of halogens is 1. The molecule has 4 rings (SSSR count). The first-order valence-electron chi connectivity index (χ1n) is 5.74. The maximum atomic E-state index is 12.2. The van der Waals surface area contributed by atoms with E-state index in [0.717, 1.165) is 0 Å². The fourth-order valence-corrected chi connectivity index (χ4v) is 2.87. The van der Waals surface area contributed by atoms with Gasteiger partial charge in [0.25, 0.3) is 5.56 Å². The van der Waals surface area contributed by atoms with Crippen LogP contribution in [-0.4, -0.2) is 48.1 Å². The maximum absolute atomic E-state index is 12.2. The lowest BCUT2D eigenvalue weighted by atomic mass is 10.1. The Hall–Kier alpha value is -1.48. The van der Waals surface area contributed by atoms with Gasteiger partial charge in [-0.15, -0.1) is 5.10 Å². The number of nitrogens with zero attached hydrogens (tertiary/aromatic N) is 4. The van der Waals surface area contributed by atoms with Crippen molar-refractivity contribution in [3.05, 3.63) is 21.4 Å². The van der Waals surface area contributed by atoms with Crippen molar-refractivity contribution in [3.8, 4) is 0 Å². The molecular weight excluding hydrogens is 276 g/mol. The van der Waals surface area contributed by atoms with Crippen LogP contribution in [0.15, 0.2) is 10.9 Å². The Morgan fingerprint density at radius 3 is 3.00 bits per heavy atom. The van der Waals surface area contributed by atoms with Crippen LogP contribution in [0.25, 0.3) is 11.2 Å². The van der Waals surface area contributed by atoms with Crippen LogP contribution in [0.2, 0.25) is 5.02 Å². The molecule has 0 aromatic carbocycles. The summed E-state index contributed by atoms with van der Waals surface area (Å²) in [5, 5.41) is 27.7. The minimum absolute atomic E-state index is 0.0322. The van der Waals surface area contributed by atoms with Crippen molar-refractivity contribution in [1.29, 1.82) is 0 Å². The van der Waals surface area contributed by atoms with E-state index < -0.39 is 30.1 Å². The molecule has 1 fully saturated rings. The summed E-state index contributed by atoms with van der Waals surface area (Å²) in [6.07, 6.45) is -3.88. The topological polar surface area (TPSA) is 102 Å². The molecule has 0 spiro atoms. The summed E-state index contributed by atoms with van der Waals surface area (Å²) in [7, 11) is 0. The smallest absolute Gasteiger partial charge is 0.273 e. The minimum Gasteiger partial charge on any atom is -0.387 e. The number of rotatable bonds is 0. The standard InChI is InChI=1S/C10H9ClN4O4/c11-3-1-4-8-14(13-12-4)2-5-6(16)7(17)10(19-5)15(8)9(3)18/h1,5-7,10,16-17H,2H2/t5-,6?,7?,10-/m1/s1. The Labute approximate surface area is 110 Å². The SMILES string of the molecule is O=c1c(Cl)cc2nnn3c2n1[C@@H]1O[C@H](C3)C(O)C1O. The Morgan fingerprint density at radius 2 is 2.21 bits per heavy atom. The molecule has 19 heavy (non-hydrogen) atoms. The van der Waals surface area contributed by atoms with Gasteiger partial charge in [-0.1, -0.05) is 16.8 Å². The highest BCUT2D eigenvalue weighted by atomic mass is 35.5. The molecule has 2 aromatic heterocycles. The van der Waals surface area contributed by atoms with Gasteiger partial charge in [0.2, 0.25) is 0 Å². The average Bonchev–Trinajstić information content (AvgIpc) is 2.82. The van der Waals surface area contributed by atoms with Crippen LogP contribution in [0, 0.1) is 0 Å². The predicted octanol–water partition coefficient (Wildman–Crippen LogP) is -1.12. The average molecular weight is 285 g/mol. The van der Waals surface area contributed by atoms with E-state index in [4.69, 9.17) is 16.3 Å². The van der Waals surface area contributed by atoms with Gasteiger partial charge in [0, 0.05) is 0 Å². The highest BCUT2D eigenvalue weighted by Gasteiger charge is 2.47. The molecule has 0 aliphatic carbocycles. The zero-order valence-electron chi connectivity index (χ0n) is 9.47. The molecule has 0 saturated carbocycles. The largest absolute Gasteiger partial charge is 0.387 e. The lowest BCUT2D eigenvalue weighted by molar-refractivity contribution is -0.0351. The third kappa shape index (κ3) is 1.31. The number of fused-ring (bicyclic) bond motifs is 3. The zero-order valence-corrected chi connectivity index (χ0v) is 10.2. The molecule has 1 saturated heterocycles. The van der Waals surface area contributed by atoms with Gasteiger partial charge in [0.15, 0.2) is 11.9 Å². The van der Waals surface area contributed by atoms with Crippen molar-refractivity contribution in [2.24, 2.45) is 0 Å². The summed E-state index contributed by atoms with van der Waals surface area (Å²) in [5.74, 6) is 0. The van der Waals surface area contributed by atoms with E-state index in [-0.39, 0.29) is 11.6 Å². The number of aromatic nitrogens is 4. The molecule has 2 aliphatic rings. The molecule has 2 bridgehead atoms. The molecule has 2 N–H and O–H groups in total. The number of aliphatic hydroxyl groups excluding tert-OH is 2. The number of hydrogen-bond acceptors (Lipinski definition) is 6. The third-order valence-corrected chi connectivity index (χ3v) is 3.86. The highest BCUT2D eigenvalue weighted by Crippen LogP contribution is 2.34. The van der Waals surface area contributed by atoms with E-state index in [1.54, 1.807) is 0 Å². The van der Waals surface area contributed by atoms with Gasteiger partial charge in [-0.2, -0.15) is 0 Å². The number of pyridine rings is 1. The van der Waals surface area contributed by atoms with Crippen LogP contribution in [-0.2, 0) is 11.3 Å².